The van der Waals surface area contributed by atoms with E-state index in [1.54, 1.807) is 0 Å². The van der Waals surface area contributed by atoms with Crippen molar-refractivity contribution < 1.29 is 27.8 Å². The highest BCUT2D eigenvalue weighted by atomic mass is 19.3. The molecule has 2 rings (SSSR count). The molecule has 1 amide bonds. The van der Waals surface area contributed by atoms with Gasteiger partial charge in [-0.15, -0.1) is 0 Å². The molecule has 114 valence electrons. The predicted molar refractivity (Wildman–Crippen MR) is 65.2 cm³/mol. The average Bonchev–Trinajstić information content (AvgIpc) is 2.45. The van der Waals surface area contributed by atoms with Crippen molar-refractivity contribution in [3.8, 4) is 0 Å². The van der Waals surface area contributed by atoms with Crippen molar-refractivity contribution in [3.63, 3.8) is 0 Å². The van der Waals surface area contributed by atoms with E-state index in [-0.39, 0.29) is 38.2 Å². The Bertz CT molecular complexity index is 379. The number of rotatable bonds is 2. The number of esters is 1. The topological polar surface area (TPSA) is 55.8 Å². The summed E-state index contributed by atoms with van der Waals surface area (Å²) in [6.45, 7) is 0.745. The smallest absolute Gasteiger partial charge is 0.331 e. The Balaban J connectivity index is 2.01. The highest BCUT2D eigenvalue weighted by Gasteiger charge is 2.41. The Kier molecular flexibility index (Phi) is 4.57. The fraction of sp³-hybridized carbons (Fsp3) is 0.846. The molecular formula is C13H19F2NO4. The summed E-state index contributed by atoms with van der Waals surface area (Å²) in [6, 6.07) is -0.760. The summed E-state index contributed by atoms with van der Waals surface area (Å²) in [5.41, 5.74) is 0. The third kappa shape index (κ3) is 3.26. The van der Waals surface area contributed by atoms with Gasteiger partial charge in [0.1, 0.15) is 0 Å². The van der Waals surface area contributed by atoms with Crippen LogP contribution in [0.25, 0.3) is 0 Å². The van der Waals surface area contributed by atoms with Crippen LogP contribution in [0.3, 0.4) is 0 Å². The van der Waals surface area contributed by atoms with E-state index in [0.29, 0.717) is 13.2 Å². The molecule has 0 radical (unpaired) electrons. The molecule has 1 unspecified atom stereocenters. The van der Waals surface area contributed by atoms with Crippen LogP contribution < -0.4 is 0 Å². The SMILES string of the molecule is COC(=O)C1COCCN1C(=O)C1CCC(F)(F)CC1. The number of morpholine rings is 1. The molecule has 1 saturated heterocycles. The molecule has 1 atom stereocenters. The van der Waals surface area contributed by atoms with Gasteiger partial charge in [-0.3, -0.25) is 4.79 Å². The third-order valence-corrected chi connectivity index (χ3v) is 3.95. The summed E-state index contributed by atoms with van der Waals surface area (Å²) >= 11 is 0. The van der Waals surface area contributed by atoms with E-state index in [9.17, 15) is 18.4 Å². The molecule has 0 aromatic rings. The molecule has 0 aromatic carbocycles. The minimum atomic E-state index is -2.66. The first-order valence-electron chi connectivity index (χ1n) is 6.78. The standard InChI is InChI=1S/C13H19F2NO4/c1-19-12(18)10-8-20-7-6-16(10)11(17)9-2-4-13(14,15)5-3-9/h9-10H,2-8H2,1H3. The van der Waals surface area contributed by atoms with Crippen LogP contribution in [0.4, 0.5) is 8.78 Å². The van der Waals surface area contributed by atoms with Crippen molar-refractivity contribution in [1.82, 2.24) is 4.90 Å². The molecule has 0 spiro atoms. The fourth-order valence-corrected chi connectivity index (χ4v) is 2.72. The minimum Gasteiger partial charge on any atom is -0.467 e. The van der Waals surface area contributed by atoms with E-state index in [4.69, 9.17) is 4.74 Å². The van der Waals surface area contributed by atoms with Crippen LogP contribution in [-0.4, -0.2) is 55.6 Å². The second-order valence-corrected chi connectivity index (χ2v) is 5.28. The van der Waals surface area contributed by atoms with Gasteiger partial charge >= 0.3 is 5.97 Å². The number of alkyl halides is 2. The molecule has 7 heteroatoms. The lowest BCUT2D eigenvalue weighted by Gasteiger charge is -2.37. The first-order chi connectivity index (χ1) is 9.44. The monoisotopic (exact) mass is 291 g/mol. The van der Waals surface area contributed by atoms with E-state index < -0.39 is 23.9 Å². The van der Waals surface area contributed by atoms with Gasteiger partial charge in [-0.05, 0) is 12.8 Å². The van der Waals surface area contributed by atoms with Gasteiger partial charge in [-0.1, -0.05) is 0 Å². The number of methoxy groups -OCH3 is 1. The normalized spacial score (nSPS) is 27.1. The summed E-state index contributed by atoms with van der Waals surface area (Å²) in [7, 11) is 1.25. The van der Waals surface area contributed by atoms with Crippen molar-refractivity contribution in [2.75, 3.05) is 26.9 Å². The number of carbonyl (C=O) groups is 2. The first kappa shape index (κ1) is 15.2. The third-order valence-electron chi connectivity index (χ3n) is 3.95. The second-order valence-electron chi connectivity index (χ2n) is 5.28. The number of amides is 1. The minimum absolute atomic E-state index is 0.0985. The van der Waals surface area contributed by atoms with Crippen LogP contribution in [0.15, 0.2) is 0 Å². The highest BCUT2D eigenvalue weighted by molar-refractivity contribution is 5.86. The molecule has 20 heavy (non-hydrogen) atoms. The molecule has 1 aliphatic heterocycles. The van der Waals surface area contributed by atoms with Crippen LogP contribution in [0.2, 0.25) is 0 Å². The van der Waals surface area contributed by atoms with E-state index >= 15 is 0 Å². The van der Waals surface area contributed by atoms with E-state index in [0.717, 1.165) is 0 Å². The summed E-state index contributed by atoms with van der Waals surface area (Å²) in [5.74, 6) is -3.86. The van der Waals surface area contributed by atoms with Gasteiger partial charge in [0.2, 0.25) is 11.8 Å². The number of hydrogen-bond acceptors (Lipinski definition) is 4. The van der Waals surface area contributed by atoms with Crippen LogP contribution in [0.1, 0.15) is 25.7 Å². The maximum atomic E-state index is 13.1. The quantitative estimate of drug-likeness (QED) is 0.718. The second kappa shape index (κ2) is 6.03. The summed E-state index contributed by atoms with van der Waals surface area (Å²) in [5, 5.41) is 0. The Labute approximate surface area is 116 Å². The van der Waals surface area contributed by atoms with Crippen molar-refractivity contribution >= 4 is 11.9 Å². The Hall–Kier alpha value is -1.24. The van der Waals surface area contributed by atoms with Gasteiger partial charge in [0, 0.05) is 25.3 Å². The maximum Gasteiger partial charge on any atom is 0.331 e. The van der Waals surface area contributed by atoms with Gasteiger partial charge in [0.05, 0.1) is 20.3 Å². The fourth-order valence-electron chi connectivity index (χ4n) is 2.72. The van der Waals surface area contributed by atoms with Crippen LogP contribution in [0, 0.1) is 5.92 Å². The molecule has 1 saturated carbocycles. The first-order valence-corrected chi connectivity index (χ1v) is 6.78. The molecular weight excluding hydrogens is 272 g/mol. The van der Waals surface area contributed by atoms with Crippen LogP contribution in [-0.2, 0) is 19.1 Å². The van der Waals surface area contributed by atoms with Crippen molar-refractivity contribution in [3.05, 3.63) is 0 Å². The Morgan fingerprint density at radius 1 is 1.30 bits per heavy atom. The van der Waals surface area contributed by atoms with Crippen molar-refractivity contribution in [1.29, 1.82) is 0 Å². The number of nitrogens with zero attached hydrogens (tertiary/aromatic N) is 1. The lowest BCUT2D eigenvalue weighted by molar-refractivity contribution is -0.164. The van der Waals surface area contributed by atoms with Gasteiger partial charge in [0.25, 0.3) is 0 Å². The van der Waals surface area contributed by atoms with E-state index in [1.165, 1.54) is 12.0 Å². The van der Waals surface area contributed by atoms with E-state index in [1.807, 2.05) is 0 Å². The number of halogens is 2. The molecule has 0 bridgehead atoms. The predicted octanol–water partition coefficient (Wildman–Crippen LogP) is 1.21. The highest BCUT2D eigenvalue weighted by Crippen LogP contribution is 2.37. The van der Waals surface area contributed by atoms with Crippen LogP contribution in [0.5, 0.6) is 0 Å². The molecule has 5 nitrogen and oxygen atoms in total. The summed E-state index contributed by atoms with van der Waals surface area (Å²) in [6.07, 6.45) is -0.207. The van der Waals surface area contributed by atoms with E-state index in [2.05, 4.69) is 4.74 Å². The lowest BCUT2D eigenvalue weighted by Crippen LogP contribution is -2.55. The van der Waals surface area contributed by atoms with Crippen molar-refractivity contribution in [2.45, 2.75) is 37.6 Å². The van der Waals surface area contributed by atoms with Crippen LogP contribution >= 0.6 is 0 Å². The molecule has 2 fully saturated rings. The molecule has 0 aromatic heterocycles. The summed E-state index contributed by atoms with van der Waals surface area (Å²) in [4.78, 5) is 25.5. The zero-order valence-electron chi connectivity index (χ0n) is 11.4. The van der Waals surface area contributed by atoms with Gasteiger partial charge in [-0.25, -0.2) is 13.6 Å². The Morgan fingerprint density at radius 3 is 2.55 bits per heavy atom. The number of ether oxygens (including phenoxy) is 2. The Morgan fingerprint density at radius 2 is 1.95 bits per heavy atom. The molecule has 2 aliphatic rings. The lowest BCUT2D eigenvalue weighted by atomic mass is 9.85. The zero-order chi connectivity index (χ0) is 14.8. The van der Waals surface area contributed by atoms with Gasteiger partial charge in [-0.2, -0.15) is 0 Å². The van der Waals surface area contributed by atoms with Gasteiger partial charge < -0.3 is 14.4 Å². The number of carbonyl (C=O) groups excluding carboxylic acids is 2. The molecule has 0 N–H and O–H groups in total. The average molecular weight is 291 g/mol. The number of hydrogen-bond donors (Lipinski definition) is 0. The zero-order valence-corrected chi connectivity index (χ0v) is 11.4. The molecule has 1 aliphatic carbocycles. The largest absolute Gasteiger partial charge is 0.467 e. The van der Waals surface area contributed by atoms with Gasteiger partial charge in [0.15, 0.2) is 6.04 Å². The maximum absolute atomic E-state index is 13.1. The molecule has 1 heterocycles. The summed E-state index contributed by atoms with van der Waals surface area (Å²) < 4.78 is 36.1. The van der Waals surface area contributed by atoms with Crippen molar-refractivity contribution in [2.24, 2.45) is 5.92 Å².